The van der Waals surface area contributed by atoms with Crippen LogP contribution in [0.2, 0.25) is 0 Å². The van der Waals surface area contributed by atoms with Gasteiger partial charge in [0.2, 0.25) is 5.78 Å². The molecule has 3 aromatic heterocycles. The molecule has 0 radical (unpaired) electrons. The maximum absolute atomic E-state index is 12.8. The monoisotopic (exact) mass is 366 g/mol. The Bertz CT molecular complexity index is 880. The number of pyridine rings is 2. The number of aliphatic hydroxyl groups is 1. The van der Waals surface area contributed by atoms with Crippen LogP contribution in [0.1, 0.15) is 39.9 Å². The van der Waals surface area contributed by atoms with Gasteiger partial charge in [0.1, 0.15) is 5.82 Å². The number of carbonyl (C=O) groups excluding carboxylic acids is 1. The standard InChI is InChI=1S/C19H18N4O2S/c24-13-10-12(11-13)16(15-5-1-2-6-20-15)23-18-14(4-3-7-21-18)17(25)19-22-8-9-26-19/h1-9,12-13,16,24H,10-11H2,(H,21,23)/t12?,13?,16-/m0/s1. The van der Waals surface area contributed by atoms with E-state index in [1.165, 1.54) is 11.3 Å². The van der Waals surface area contributed by atoms with Crippen molar-refractivity contribution in [1.82, 2.24) is 15.0 Å². The van der Waals surface area contributed by atoms with E-state index < -0.39 is 0 Å². The third-order valence-electron chi connectivity index (χ3n) is 4.60. The van der Waals surface area contributed by atoms with E-state index in [2.05, 4.69) is 20.3 Å². The predicted octanol–water partition coefficient (Wildman–Crippen LogP) is 3.09. The molecular weight excluding hydrogens is 348 g/mol. The van der Waals surface area contributed by atoms with Crippen molar-refractivity contribution in [3.8, 4) is 0 Å². The third kappa shape index (κ3) is 3.36. The maximum Gasteiger partial charge on any atom is 0.225 e. The second kappa shape index (κ2) is 7.31. The van der Waals surface area contributed by atoms with Crippen LogP contribution in [0.15, 0.2) is 54.3 Å². The molecule has 3 heterocycles. The molecule has 3 aromatic rings. The van der Waals surface area contributed by atoms with Crippen LogP contribution in [0, 0.1) is 5.92 Å². The minimum atomic E-state index is -0.270. The summed E-state index contributed by atoms with van der Waals surface area (Å²) in [4.78, 5) is 25.7. The Morgan fingerprint density at radius 3 is 2.65 bits per heavy atom. The van der Waals surface area contributed by atoms with Gasteiger partial charge in [-0.25, -0.2) is 9.97 Å². The third-order valence-corrected chi connectivity index (χ3v) is 5.37. The van der Waals surface area contributed by atoms with Gasteiger partial charge in [-0.3, -0.25) is 9.78 Å². The highest BCUT2D eigenvalue weighted by Crippen LogP contribution is 2.39. The second-order valence-corrected chi connectivity index (χ2v) is 7.22. The van der Waals surface area contributed by atoms with Crippen LogP contribution in [0.4, 0.5) is 5.82 Å². The SMILES string of the molecule is O=C(c1nccs1)c1cccnc1N[C@H](c1ccccn1)C1CC(O)C1. The highest BCUT2D eigenvalue weighted by Gasteiger charge is 2.36. The summed E-state index contributed by atoms with van der Waals surface area (Å²) >= 11 is 1.31. The minimum Gasteiger partial charge on any atom is -0.393 e. The van der Waals surface area contributed by atoms with Crippen LogP contribution in [0.5, 0.6) is 0 Å². The molecule has 0 saturated heterocycles. The first-order valence-electron chi connectivity index (χ1n) is 8.47. The van der Waals surface area contributed by atoms with Crippen molar-refractivity contribution in [2.45, 2.75) is 25.0 Å². The van der Waals surface area contributed by atoms with Gasteiger partial charge >= 0.3 is 0 Å². The molecule has 6 nitrogen and oxygen atoms in total. The average molecular weight is 366 g/mol. The van der Waals surface area contributed by atoms with Crippen LogP contribution in [0.3, 0.4) is 0 Å². The van der Waals surface area contributed by atoms with E-state index in [0.717, 1.165) is 5.69 Å². The number of carbonyl (C=O) groups is 1. The molecular formula is C19H18N4O2S. The summed E-state index contributed by atoms with van der Waals surface area (Å²) in [5.41, 5.74) is 1.37. The van der Waals surface area contributed by atoms with Gasteiger partial charge in [0, 0.05) is 24.0 Å². The van der Waals surface area contributed by atoms with Crippen molar-refractivity contribution < 1.29 is 9.90 Å². The first kappa shape index (κ1) is 16.8. The Labute approximate surface area is 155 Å². The summed E-state index contributed by atoms with van der Waals surface area (Å²) in [6, 6.07) is 9.14. The Balaban J connectivity index is 1.65. The van der Waals surface area contributed by atoms with Crippen molar-refractivity contribution in [2.75, 3.05) is 5.32 Å². The van der Waals surface area contributed by atoms with Crippen LogP contribution < -0.4 is 5.32 Å². The lowest BCUT2D eigenvalue weighted by atomic mass is 9.76. The zero-order valence-electron chi connectivity index (χ0n) is 13.9. The van der Waals surface area contributed by atoms with Crippen LogP contribution >= 0.6 is 11.3 Å². The van der Waals surface area contributed by atoms with E-state index in [1.807, 2.05) is 18.2 Å². The normalized spacial score (nSPS) is 20.2. The topological polar surface area (TPSA) is 88.0 Å². The molecule has 0 bridgehead atoms. The number of aliphatic hydroxyl groups excluding tert-OH is 1. The van der Waals surface area contributed by atoms with Gasteiger partial charge in [-0.15, -0.1) is 11.3 Å². The summed E-state index contributed by atoms with van der Waals surface area (Å²) in [7, 11) is 0. The lowest BCUT2D eigenvalue weighted by Crippen LogP contribution is -2.36. The Morgan fingerprint density at radius 1 is 1.12 bits per heavy atom. The van der Waals surface area contributed by atoms with E-state index in [9.17, 15) is 9.90 Å². The van der Waals surface area contributed by atoms with Crippen molar-refractivity contribution in [2.24, 2.45) is 5.92 Å². The number of anilines is 1. The molecule has 0 amide bonds. The fourth-order valence-electron chi connectivity index (χ4n) is 3.20. The van der Waals surface area contributed by atoms with Gasteiger partial charge in [-0.05, 0) is 43.0 Å². The van der Waals surface area contributed by atoms with Crippen LogP contribution in [-0.2, 0) is 0 Å². The van der Waals surface area contributed by atoms with Crippen molar-refractivity contribution in [3.05, 3.63) is 70.6 Å². The van der Waals surface area contributed by atoms with Crippen molar-refractivity contribution in [3.63, 3.8) is 0 Å². The van der Waals surface area contributed by atoms with Gasteiger partial charge in [0.05, 0.1) is 23.4 Å². The molecule has 132 valence electrons. The van der Waals surface area contributed by atoms with Gasteiger partial charge in [0.15, 0.2) is 5.01 Å². The number of aromatic nitrogens is 3. The summed E-state index contributed by atoms with van der Waals surface area (Å²) in [5.74, 6) is 0.610. The zero-order valence-corrected chi connectivity index (χ0v) is 14.8. The van der Waals surface area contributed by atoms with E-state index in [4.69, 9.17) is 0 Å². The summed E-state index contributed by atoms with van der Waals surface area (Å²) in [6.07, 6.45) is 6.17. The largest absolute Gasteiger partial charge is 0.393 e. The van der Waals surface area contributed by atoms with Gasteiger partial charge in [0.25, 0.3) is 0 Å². The highest BCUT2D eigenvalue weighted by molar-refractivity contribution is 7.11. The number of ketones is 1. The predicted molar refractivity (Wildman–Crippen MR) is 99.1 cm³/mol. The summed E-state index contributed by atoms with van der Waals surface area (Å²) < 4.78 is 0. The Morgan fingerprint density at radius 2 is 1.96 bits per heavy atom. The molecule has 0 spiro atoms. The fourth-order valence-corrected chi connectivity index (χ4v) is 3.79. The molecule has 1 saturated carbocycles. The van der Waals surface area contributed by atoms with E-state index in [1.54, 1.807) is 36.1 Å². The Kier molecular flexibility index (Phi) is 4.73. The molecule has 1 fully saturated rings. The van der Waals surface area contributed by atoms with Gasteiger partial charge in [-0.2, -0.15) is 0 Å². The molecule has 1 aliphatic rings. The summed E-state index contributed by atoms with van der Waals surface area (Å²) in [6.45, 7) is 0. The molecule has 1 aliphatic carbocycles. The Hall–Kier alpha value is -2.64. The lowest BCUT2D eigenvalue weighted by molar-refractivity contribution is 0.0333. The molecule has 2 N–H and O–H groups in total. The first-order chi connectivity index (χ1) is 12.7. The molecule has 0 aromatic carbocycles. The van der Waals surface area contributed by atoms with Gasteiger partial charge in [-0.1, -0.05) is 6.07 Å². The second-order valence-electron chi connectivity index (χ2n) is 6.33. The number of rotatable bonds is 6. The molecule has 0 unspecified atom stereocenters. The first-order valence-corrected chi connectivity index (χ1v) is 9.35. The maximum atomic E-state index is 12.8. The minimum absolute atomic E-state index is 0.114. The lowest BCUT2D eigenvalue weighted by Gasteiger charge is -2.38. The van der Waals surface area contributed by atoms with E-state index >= 15 is 0 Å². The van der Waals surface area contributed by atoms with E-state index in [0.29, 0.717) is 29.2 Å². The molecule has 0 aliphatic heterocycles. The molecule has 4 rings (SSSR count). The van der Waals surface area contributed by atoms with Gasteiger partial charge < -0.3 is 10.4 Å². The number of hydrogen-bond donors (Lipinski definition) is 2. The van der Waals surface area contributed by atoms with Crippen molar-refractivity contribution in [1.29, 1.82) is 0 Å². The van der Waals surface area contributed by atoms with Crippen molar-refractivity contribution >= 4 is 22.9 Å². The molecule has 7 heteroatoms. The molecule has 26 heavy (non-hydrogen) atoms. The smallest absolute Gasteiger partial charge is 0.225 e. The van der Waals surface area contributed by atoms with Crippen LogP contribution in [-0.4, -0.2) is 31.9 Å². The zero-order chi connectivity index (χ0) is 17.9. The van der Waals surface area contributed by atoms with E-state index in [-0.39, 0.29) is 23.8 Å². The molecule has 1 atom stereocenters. The number of thiazole rings is 1. The summed E-state index contributed by atoms with van der Waals surface area (Å²) in [5, 5.41) is 15.3. The fraction of sp³-hybridized carbons (Fsp3) is 0.263. The number of nitrogens with zero attached hydrogens (tertiary/aromatic N) is 3. The number of nitrogens with one attached hydrogen (secondary N) is 1. The number of hydrogen-bond acceptors (Lipinski definition) is 7. The van der Waals surface area contributed by atoms with Crippen LogP contribution in [0.25, 0.3) is 0 Å². The highest BCUT2D eigenvalue weighted by atomic mass is 32.1. The average Bonchev–Trinajstić information content (AvgIpc) is 3.19. The quantitative estimate of drug-likeness (QED) is 0.652.